The molecule has 0 aliphatic carbocycles. The molecule has 0 atom stereocenters. The Balaban J connectivity index is 1.60. The molecule has 0 fully saturated rings. The van der Waals surface area contributed by atoms with Gasteiger partial charge in [-0.05, 0) is 74.5 Å². The molecule has 0 saturated heterocycles. The fraction of sp³-hybridized carbons (Fsp3) is 0.143. The van der Waals surface area contributed by atoms with Crippen LogP contribution in [0.15, 0.2) is 60.7 Å². The summed E-state index contributed by atoms with van der Waals surface area (Å²) in [5.74, 6) is 0.886. The number of ether oxygens (including phenoxy) is 1. The van der Waals surface area contributed by atoms with Crippen molar-refractivity contribution in [3.8, 4) is 11.8 Å². The summed E-state index contributed by atoms with van der Waals surface area (Å²) >= 11 is 0. The molecule has 0 bridgehead atoms. The van der Waals surface area contributed by atoms with Gasteiger partial charge in [-0.25, -0.2) is 0 Å². The average molecular weight is 373 g/mol. The molecule has 1 amide bonds. The molecule has 1 heterocycles. The van der Waals surface area contributed by atoms with Crippen LogP contribution in [0.1, 0.15) is 29.9 Å². The summed E-state index contributed by atoms with van der Waals surface area (Å²) in [5.41, 5.74) is 2.19. The van der Waals surface area contributed by atoms with E-state index in [0.29, 0.717) is 17.1 Å². The maximum Gasteiger partial charge on any atom is 0.276 e. The summed E-state index contributed by atoms with van der Waals surface area (Å²) in [6.45, 7) is 3.91. The van der Waals surface area contributed by atoms with E-state index in [9.17, 15) is 4.79 Å². The van der Waals surface area contributed by atoms with Gasteiger partial charge in [0.2, 0.25) is 0 Å². The summed E-state index contributed by atoms with van der Waals surface area (Å²) in [6, 6.07) is 19.4. The first-order valence-electron chi connectivity index (χ1n) is 8.72. The van der Waals surface area contributed by atoms with Crippen molar-refractivity contribution in [3.63, 3.8) is 0 Å². The second kappa shape index (κ2) is 8.64. The number of rotatable bonds is 6. The lowest BCUT2D eigenvalue weighted by Crippen LogP contribution is -2.14. The molecule has 0 unspecified atom stereocenters. The van der Waals surface area contributed by atoms with Crippen molar-refractivity contribution in [2.45, 2.75) is 20.0 Å². The monoisotopic (exact) mass is 373 g/mol. The van der Waals surface area contributed by atoms with Gasteiger partial charge in [0.05, 0.1) is 17.7 Å². The summed E-state index contributed by atoms with van der Waals surface area (Å²) in [4.78, 5) is 12.3. The van der Waals surface area contributed by atoms with E-state index in [1.807, 2.05) is 13.8 Å². The minimum absolute atomic E-state index is 0.0899. The first-order valence-corrected chi connectivity index (χ1v) is 8.72. The summed E-state index contributed by atoms with van der Waals surface area (Å²) in [7, 11) is 0. The van der Waals surface area contributed by atoms with Crippen LogP contribution in [-0.4, -0.2) is 22.2 Å². The van der Waals surface area contributed by atoms with Crippen LogP contribution in [0, 0.1) is 11.3 Å². The van der Waals surface area contributed by atoms with Gasteiger partial charge in [0.25, 0.3) is 5.91 Å². The molecule has 3 aromatic rings. The highest BCUT2D eigenvalue weighted by molar-refractivity contribution is 6.02. The van der Waals surface area contributed by atoms with Gasteiger partial charge < -0.3 is 15.4 Å². The van der Waals surface area contributed by atoms with Gasteiger partial charge in [-0.2, -0.15) is 5.26 Å². The van der Waals surface area contributed by atoms with Crippen molar-refractivity contribution in [2.75, 3.05) is 10.6 Å². The Morgan fingerprint density at radius 3 is 2.21 bits per heavy atom. The molecule has 7 heteroatoms. The minimum atomic E-state index is -0.352. The molecule has 0 aliphatic rings. The Morgan fingerprint density at radius 2 is 1.64 bits per heavy atom. The number of carbonyl (C=O) groups excluding carboxylic acids is 1. The van der Waals surface area contributed by atoms with Crippen LogP contribution in [0.4, 0.5) is 17.2 Å². The number of amides is 1. The van der Waals surface area contributed by atoms with Crippen molar-refractivity contribution in [1.29, 1.82) is 5.26 Å². The molecular formula is C21H19N5O2. The van der Waals surface area contributed by atoms with Crippen LogP contribution in [0.25, 0.3) is 0 Å². The average Bonchev–Trinajstić information content (AvgIpc) is 2.70. The molecule has 0 radical (unpaired) electrons. The largest absolute Gasteiger partial charge is 0.491 e. The van der Waals surface area contributed by atoms with E-state index in [2.05, 4.69) is 26.9 Å². The Bertz CT molecular complexity index is 975. The predicted octanol–water partition coefficient (Wildman–Crippen LogP) is 4.13. The Morgan fingerprint density at radius 1 is 0.964 bits per heavy atom. The molecular weight excluding hydrogens is 354 g/mol. The maximum atomic E-state index is 12.3. The van der Waals surface area contributed by atoms with E-state index in [0.717, 1.165) is 11.4 Å². The maximum absolute atomic E-state index is 12.3. The van der Waals surface area contributed by atoms with Crippen LogP contribution >= 0.6 is 0 Å². The molecule has 28 heavy (non-hydrogen) atoms. The van der Waals surface area contributed by atoms with E-state index >= 15 is 0 Å². The summed E-state index contributed by atoms with van der Waals surface area (Å²) in [6.07, 6.45) is 0.0899. The lowest BCUT2D eigenvalue weighted by molar-refractivity contribution is 0.102. The number of hydrogen-bond donors (Lipinski definition) is 2. The van der Waals surface area contributed by atoms with Crippen LogP contribution in [0.3, 0.4) is 0 Å². The molecule has 2 aromatic carbocycles. The summed E-state index contributed by atoms with van der Waals surface area (Å²) in [5, 5.41) is 22.6. The third kappa shape index (κ3) is 5.05. The van der Waals surface area contributed by atoms with Gasteiger partial charge >= 0.3 is 0 Å². The molecule has 140 valence electrons. The van der Waals surface area contributed by atoms with Gasteiger partial charge in [0.15, 0.2) is 11.5 Å². The number of nitrogens with zero attached hydrogens (tertiary/aromatic N) is 3. The Kier molecular flexibility index (Phi) is 5.82. The Labute approximate surface area is 163 Å². The third-order valence-corrected chi connectivity index (χ3v) is 3.67. The van der Waals surface area contributed by atoms with Gasteiger partial charge in [-0.3, -0.25) is 4.79 Å². The van der Waals surface area contributed by atoms with Gasteiger partial charge in [-0.1, -0.05) is 0 Å². The first kappa shape index (κ1) is 18.9. The second-order valence-corrected chi connectivity index (χ2v) is 6.26. The van der Waals surface area contributed by atoms with Crippen molar-refractivity contribution >= 4 is 23.1 Å². The number of aromatic nitrogens is 2. The summed E-state index contributed by atoms with van der Waals surface area (Å²) < 4.78 is 5.58. The highest BCUT2D eigenvalue weighted by atomic mass is 16.5. The number of nitriles is 1. The predicted molar refractivity (Wildman–Crippen MR) is 107 cm³/mol. The van der Waals surface area contributed by atoms with E-state index in [-0.39, 0.29) is 17.7 Å². The lowest BCUT2D eigenvalue weighted by atomic mass is 10.2. The fourth-order valence-electron chi connectivity index (χ4n) is 2.38. The van der Waals surface area contributed by atoms with E-state index in [1.165, 1.54) is 0 Å². The van der Waals surface area contributed by atoms with Crippen molar-refractivity contribution in [1.82, 2.24) is 10.2 Å². The second-order valence-electron chi connectivity index (χ2n) is 6.26. The highest BCUT2D eigenvalue weighted by Gasteiger charge is 2.09. The number of nitrogens with one attached hydrogen (secondary N) is 2. The van der Waals surface area contributed by atoms with Crippen LogP contribution < -0.4 is 15.4 Å². The number of benzene rings is 2. The number of carbonyl (C=O) groups is 1. The van der Waals surface area contributed by atoms with Gasteiger partial charge in [-0.15, -0.1) is 10.2 Å². The molecule has 3 rings (SSSR count). The van der Waals surface area contributed by atoms with E-state index in [1.54, 1.807) is 60.7 Å². The molecule has 0 aliphatic heterocycles. The number of anilines is 3. The van der Waals surface area contributed by atoms with Crippen LogP contribution in [-0.2, 0) is 0 Å². The van der Waals surface area contributed by atoms with Crippen molar-refractivity contribution < 1.29 is 9.53 Å². The zero-order valence-electron chi connectivity index (χ0n) is 15.5. The molecule has 0 saturated carbocycles. The molecule has 7 nitrogen and oxygen atoms in total. The van der Waals surface area contributed by atoms with Crippen LogP contribution in [0.2, 0.25) is 0 Å². The fourth-order valence-corrected chi connectivity index (χ4v) is 2.38. The standard InChI is InChI=1S/C21H19N5O2/c1-14(2)28-18-9-7-17(8-10-18)24-21(27)19-11-12-20(26-25-19)23-16-5-3-15(13-22)4-6-16/h3-12,14H,1-2H3,(H,23,26)(H,24,27). The number of hydrogen-bond acceptors (Lipinski definition) is 6. The first-order chi connectivity index (χ1) is 13.5. The van der Waals surface area contributed by atoms with Gasteiger partial charge in [0, 0.05) is 11.4 Å². The van der Waals surface area contributed by atoms with Crippen LogP contribution in [0.5, 0.6) is 5.75 Å². The minimum Gasteiger partial charge on any atom is -0.491 e. The smallest absolute Gasteiger partial charge is 0.276 e. The zero-order valence-corrected chi connectivity index (χ0v) is 15.5. The molecule has 0 spiro atoms. The molecule has 2 N–H and O–H groups in total. The van der Waals surface area contributed by atoms with E-state index in [4.69, 9.17) is 10.00 Å². The van der Waals surface area contributed by atoms with Crippen molar-refractivity contribution in [2.24, 2.45) is 0 Å². The van der Waals surface area contributed by atoms with E-state index < -0.39 is 0 Å². The Hall–Kier alpha value is -3.92. The topological polar surface area (TPSA) is 99.9 Å². The van der Waals surface area contributed by atoms with Crippen molar-refractivity contribution in [3.05, 3.63) is 71.9 Å². The lowest BCUT2D eigenvalue weighted by Gasteiger charge is -2.10. The quantitative estimate of drug-likeness (QED) is 0.674. The third-order valence-electron chi connectivity index (χ3n) is 3.67. The molecule has 1 aromatic heterocycles. The van der Waals surface area contributed by atoms with Gasteiger partial charge in [0.1, 0.15) is 5.75 Å². The normalized spacial score (nSPS) is 10.2. The zero-order chi connectivity index (χ0) is 19.9. The SMILES string of the molecule is CC(C)Oc1ccc(NC(=O)c2ccc(Nc3ccc(C#N)cc3)nn2)cc1. The highest BCUT2D eigenvalue weighted by Crippen LogP contribution is 2.18.